The second-order valence-electron chi connectivity index (χ2n) is 5.19. The Morgan fingerprint density at radius 2 is 2.00 bits per heavy atom. The van der Waals surface area contributed by atoms with E-state index in [9.17, 15) is 0 Å². The second kappa shape index (κ2) is 5.84. The van der Waals surface area contributed by atoms with Crippen LogP contribution in [0.4, 0.5) is 0 Å². The van der Waals surface area contributed by atoms with Crippen LogP contribution in [0.5, 0.6) is 5.88 Å². The summed E-state index contributed by atoms with van der Waals surface area (Å²) in [6.07, 6.45) is 5.89. The van der Waals surface area contributed by atoms with Crippen molar-refractivity contribution in [3.63, 3.8) is 0 Å². The molecule has 5 nitrogen and oxygen atoms in total. The average molecular weight is 263 g/mol. The molecule has 5 heteroatoms. The van der Waals surface area contributed by atoms with Crippen molar-refractivity contribution in [1.29, 1.82) is 0 Å². The lowest BCUT2D eigenvalue weighted by Crippen LogP contribution is -2.40. The Morgan fingerprint density at radius 3 is 2.79 bits per heavy atom. The lowest BCUT2D eigenvalue weighted by molar-refractivity contribution is 0.0355. The second-order valence-corrected chi connectivity index (χ2v) is 5.19. The van der Waals surface area contributed by atoms with Gasteiger partial charge in [0.2, 0.25) is 5.88 Å². The summed E-state index contributed by atoms with van der Waals surface area (Å²) in [5.41, 5.74) is 2.35. The van der Waals surface area contributed by atoms with Crippen LogP contribution in [0, 0.1) is 0 Å². The predicted molar refractivity (Wildman–Crippen MR) is 71.4 cm³/mol. The van der Waals surface area contributed by atoms with E-state index in [1.807, 2.05) is 0 Å². The molecule has 0 N–H and O–H groups in total. The van der Waals surface area contributed by atoms with E-state index in [2.05, 4.69) is 14.9 Å². The molecule has 2 aliphatic heterocycles. The Bertz CT molecular complexity index is 433. The zero-order chi connectivity index (χ0) is 13.1. The van der Waals surface area contributed by atoms with Crippen LogP contribution < -0.4 is 4.74 Å². The van der Waals surface area contributed by atoms with Crippen LogP contribution in [0.1, 0.15) is 24.1 Å². The molecule has 1 aromatic heterocycles. The molecule has 104 valence electrons. The highest BCUT2D eigenvalue weighted by Crippen LogP contribution is 2.24. The van der Waals surface area contributed by atoms with Gasteiger partial charge in [0.1, 0.15) is 6.33 Å². The third kappa shape index (κ3) is 2.72. The molecular weight excluding hydrogens is 242 g/mol. The van der Waals surface area contributed by atoms with Crippen LogP contribution in [0.2, 0.25) is 0 Å². The molecule has 2 aliphatic rings. The number of hydrogen-bond donors (Lipinski definition) is 0. The number of methoxy groups -OCH3 is 1. The summed E-state index contributed by atoms with van der Waals surface area (Å²) in [4.78, 5) is 11.2. The number of fused-ring (bicyclic) bond motifs is 1. The Hall–Kier alpha value is -1.20. The van der Waals surface area contributed by atoms with Crippen molar-refractivity contribution in [3.8, 4) is 5.88 Å². The topological polar surface area (TPSA) is 47.5 Å². The highest BCUT2D eigenvalue weighted by molar-refractivity contribution is 5.31. The van der Waals surface area contributed by atoms with Gasteiger partial charge in [-0.3, -0.25) is 4.90 Å². The molecule has 1 saturated heterocycles. The normalized spacial score (nSPS) is 21.7. The highest BCUT2D eigenvalue weighted by Gasteiger charge is 2.25. The lowest BCUT2D eigenvalue weighted by atomic mass is 10.1. The maximum absolute atomic E-state index is 5.45. The molecule has 0 bridgehead atoms. The zero-order valence-electron chi connectivity index (χ0n) is 11.5. The van der Waals surface area contributed by atoms with Crippen LogP contribution in [0.15, 0.2) is 6.33 Å². The van der Waals surface area contributed by atoms with Crippen molar-refractivity contribution in [3.05, 3.63) is 17.6 Å². The first-order valence-electron chi connectivity index (χ1n) is 7.07. The van der Waals surface area contributed by atoms with Crippen molar-refractivity contribution in [2.75, 3.05) is 33.4 Å². The van der Waals surface area contributed by atoms with E-state index in [0.717, 1.165) is 63.6 Å². The first kappa shape index (κ1) is 12.8. The molecule has 0 atom stereocenters. The summed E-state index contributed by atoms with van der Waals surface area (Å²) in [6.45, 7) is 3.95. The van der Waals surface area contributed by atoms with Gasteiger partial charge in [0.25, 0.3) is 0 Å². The van der Waals surface area contributed by atoms with Gasteiger partial charge < -0.3 is 9.47 Å². The van der Waals surface area contributed by atoms with E-state index >= 15 is 0 Å². The molecule has 3 heterocycles. The largest absolute Gasteiger partial charge is 0.481 e. The smallest absolute Gasteiger partial charge is 0.219 e. The SMILES string of the molecule is COc1ncnc2c1CCN(C1CCOCC1)CC2. The number of ether oxygens (including phenoxy) is 2. The maximum atomic E-state index is 5.45. The van der Waals surface area contributed by atoms with Crippen LogP contribution >= 0.6 is 0 Å². The van der Waals surface area contributed by atoms with Gasteiger partial charge in [-0.2, -0.15) is 0 Å². The molecule has 19 heavy (non-hydrogen) atoms. The molecule has 0 radical (unpaired) electrons. The molecule has 0 spiro atoms. The van der Waals surface area contributed by atoms with Crippen LogP contribution in [-0.2, 0) is 17.6 Å². The minimum Gasteiger partial charge on any atom is -0.481 e. The van der Waals surface area contributed by atoms with Gasteiger partial charge in [-0.25, -0.2) is 9.97 Å². The van der Waals surface area contributed by atoms with Gasteiger partial charge in [-0.05, 0) is 19.3 Å². The van der Waals surface area contributed by atoms with Gasteiger partial charge in [0.15, 0.2) is 0 Å². The number of aromatic nitrogens is 2. The molecular formula is C14H21N3O2. The van der Waals surface area contributed by atoms with Crippen LogP contribution in [0.25, 0.3) is 0 Å². The zero-order valence-corrected chi connectivity index (χ0v) is 11.5. The molecule has 1 fully saturated rings. The van der Waals surface area contributed by atoms with Crippen molar-refractivity contribution >= 4 is 0 Å². The van der Waals surface area contributed by atoms with Crippen molar-refractivity contribution in [1.82, 2.24) is 14.9 Å². The Morgan fingerprint density at radius 1 is 1.21 bits per heavy atom. The number of rotatable bonds is 2. The number of hydrogen-bond acceptors (Lipinski definition) is 5. The van der Waals surface area contributed by atoms with E-state index in [-0.39, 0.29) is 0 Å². The fourth-order valence-corrected chi connectivity index (χ4v) is 3.10. The first-order chi connectivity index (χ1) is 9.38. The van der Waals surface area contributed by atoms with Gasteiger partial charge in [-0.15, -0.1) is 0 Å². The molecule has 0 saturated carbocycles. The van der Waals surface area contributed by atoms with Crippen molar-refractivity contribution in [2.24, 2.45) is 0 Å². The molecule has 0 unspecified atom stereocenters. The third-order valence-electron chi connectivity index (χ3n) is 4.18. The van der Waals surface area contributed by atoms with Crippen molar-refractivity contribution in [2.45, 2.75) is 31.7 Å². The lowest BCUT2D eigenvalue weighted by Gasteiger charge is -2.33. The van der Waals surface area contributed by atoms with Gasteiger partial charge >= 0.3 is 0 Å². The molecule has 0 aromatic carbocycles. The Labute approximate surface area is 113 Å². The summed E-state index contributed by atoms with van der Waals surface area (Å²) >= 11 is 0. The van der Waals surface area contributed by atoms with Gasteiger partial charge in [0.05, 0.1) is 12.8 Å². The maximum Gasteiger partial charge on any atom is 0.219 e. The van der Waals surface area contributed by atoms with E-state index < -0.39 is 0 Å². The van der Waals surface area contributed by atoms with Crippen LogP contribution in [-0.4, -0.2) is 54.3 Å². The van der Waals surface area contributed by atoms with Crippen molar-refractivity contribution < 1.29 is 9.47 Å². The van der Waals surface area contributed by atoms with E-state index in [4.69, 9.17) is 9.47 Å². The fourth-order valence-electron chi connectivity index (χ4n) is 3.10. The molecule has 0 aliphatic carbocycles. The van der Waals surface area contributed by atoms with E-state index in [1.54, 1.807) is 13.4 Å². The summed E-state index contributed by atoms with van der Waals surface area (Å²) in [7, 11) is 1.68. The third-order valence-corrected chi connectivity index (χ3v) is 4.18. The van der Waals surface area contributed by atoms with Gasteiger partial charge in [0, 0.05) is 44.3 Å². The molecule has 3 rings (SSSR count). The molecule has 1 aromatic rings. The first-order valence-corrected chi connectivity index (χ1v) is 7.07. The highest BCUT2D eigenvalue weighted by atomic mass is 16.5. The summed E-state index contributed by atoms with van der Waals surface area (Å²) in [5.74, 6) is 0.749. The fraction of sp³-hybridized carbons (Fsp3) is 0.714. The minimum absolute atomic E-state index is 0.669. The molecule has 0 amide bonds. The Balaban J connectivity index is 1.73. The number of nitrogens with zero attached hydrogens (tertiary/aromatic N) is 3. The predicted octanol–water partition coefficient (Wildman–Crippen LogP) is 1.06. The minimum atomic E-state index is 0.669. The average Bonchev–Trinajstić information content (AvgIpc) is 2.70. The Kier molecular flexibility index (Phi) is 3.94. The van der Waals surface area contributed by atoms with Crippen LogP contribution in [0.3, 0.4) is 0 Å². The quantitative estimate of drug-likeness (QED) is 0.798. The summed E-state index contributed by atoms with van der Waals surface area (Å²) in [5, 5.41) is 0. The van der Waals surface area contributed by atoms with E-state index in [0.29, 0.717) is 6.04 Å². The monoisotopic (exact) mass is 263 g/mol. The van der Waals surface area contributed by atoms with Gasteiger partial charge in [-0.1, -0.05) is 0 Å². The van der Waals surface area contributed by atoms with E-state index in [1.165, 1.54) is 5.56 Å². The summed E-state index contributed by atoms with van der Waals surface area (Å²) < 4.78 is 10.8. The standard InChI is InChI=1S/C14H21N3O2/c1-18-14-12-2-6-17(11-4-8-19-9-5-11)7-3-13(12)15-10-16-14/h10-11H,2-9H2,1H3. The summed E-state index contributed by atoms with van der Waals surface area (Å²) in [6, 6.07) is 0.669.